The summed E-state index contributed by atoms with van der Waals surface area (Å²) in [7, 11) is 0. The Kier molecular flexibility index (Phi) is 2.16. The molecule has 0 unspecified atom stereocenters. The Bertz CT molecular complexity index is 721. The van der Waals surface area contributed by atoms with Crippen molar-refractivity contribution in [3.63, 3.8) is 0 Å². The summed E-state index contributed by atoms with van der Waals surface area (Å²) in [6.07, 6.45) is 0. The van der Waals surface area contributed by atoms with Crippen LogP contribution in [0.25, 0.3) is 22.6 Å². The van der Waals surface area contributed by atoms with Gasteiger partial charge in [0.05, 0.1) is 11.0 Å². The van der Waals surface area contributed by atoms with Crippen molar-refractivity contribution < 1.29 is 9.47 Å². The Morgan fingerprint density at radius 2 is 1.95 bits per heavy atom. The summed E-state index contributed by atoms with van der Waals surface area (Å²) in [5.41, 5.74) is 8.10. The Morgan fingerprint density at radius 1 is 1.16 bits per heavy atom. The molecule has 4 rings (SSSR count). The van der Waals surface area contributed by atoms with Crippen molar-refractivity contribution in [3.05, 3.63) is 17.5 Å². The zero-order chi connectivity index (χ0) is 12.8. The fourth-order valence-corrected chi connectivity index (χ4v) is 2.61. The van der Waals surface area contributed by atoms with Gasteiger partial charge < -0.3 is 20.2 Å². The molecule has 96 valence electrons. The predicted molar refractivity (Wildman–Crippen MR) is 72.6 cm³/mol. The minimum Gasteiger partial charge on any atom is -0.486 e. The number of imidazole rings is 1. The molecule has 6 nitrogen and oxygen atoms in total. The Morgan fingerprint density at radius 3 is 2.68 bits per heavy atom. The summed E-state index contributed by atoms with van der Waals surface area (Å²) in [5, 5.41) is 2.40. The number of hydrogen-bond acceptors (Lipinski definition) is 6. The normalized spacial score (nSPS) is 13.9. The Labute approximate surface area is 112 Å². The van der Waals surface area contributed by atoms with E-state index in [1.165, 1.54) is 11.3 Å². The highest BCUT2D eigenvalue weighted by Gasteiger charge is 2.16. The van der Waals surface area contributed by atoms with E-state index in [0.29, 0.717) is 24.2 Å². The predicted octanol–water partition coefficient (Wildman–Crippen LogP) is 2.04. The maximum Gasteiger partial charge on any atom is 0.180 e. The first-order valence-electron chi connectivity index (χ1n) is 5.80. The molecule has 0 radical (unpaired) electrons. The van der Waals surface area contributed by atoms with Gasteiger partial charge >= 0.3 is 0 Å². The van der Waals surface area contributed by atoms with Gasteiger partial charge in [0.1, 0.15) is 18.9 Å². The van der Waals surface area contributed by atoms with E-state index in [1.54, 1.807) is 0 Å². The number of benzene rings is 1. The first-order valence-corrected chi connectivity index (χ1v) is 6.68. The Hall–Kier alpha value is -2.28. The lowest BCUT2D eigenvalue weighted by molar-refractivity contribution is 0.172. The zero-order valence-corrected chi connectivity index (χ0v) is 10.7. The van der Waals surface area contributed by atoms with Crippen LogP contribution < -0.4 is 15.2 Å². The molecule has 1 aliphatic rings. The number of nitrogens with zero attached hydrogens (tertiary/aromatic N) is 2. The van der Waals surface area contributed by atoms with Gasteiger partial charge in [0.2, 0.25) is 0 Å². The van der Waals surface area contributed by atoms with Crippen molar-refractivity contribution in [2.75, 3.05) is 18.9 Å². The third kappa shape index (κ3) is 1.70. The molecule has 0 amide bonds. The number of H-pyrrole nitrogens is 1. The van der Waals surface area contributed by atoms with Crippen LogP contribution in [0.5, 0.6) is 11.5 Å². The number of rotatable bonds is 1. The minimum atomic E-state index is 0.529. The molecule has 19 heavy (non-hydrogen) atoms. The van der Waals surface area contributed by atoms with Crippen LogP contribution in [0.1, 0.15) is 0 Å². The number of aromatic amines is 1. The Balaban J connectivity index is 1.87. The van der Waals surface area contributed by atoms with E-state index >= 15 is 0 Å². The largest absolute Gasteiger partial charge is 0.486 e. The maximum atomic E-state index is 5.64. The molecular formula is C12H10N4O2S. The molecule has 1 aromatic carbocycles. The van der Waals surface area contributed by atoms with Gasteiger partial charge in [-0.05, 0) is 0 Å². The first kappa shape index (κ1) is 10.6. The molecule has 3 N–H and O–H groups in total. The summed E-state index contributed by atoms with van der Waals surface area (Å²) in [6, 6.07) is 3.77. The molecular weight excluding hydrogens is 264 g/mol. The number of fused-ring (bicyclic) bond motifs is 2. The second-order valence-corrected chi connectivity index (χ2v) is 5.06. The van der Waals surface area contributed by atoms with E-state index in [9.17, 15) is 0 Å². The van der Waals surface area contributed by atoms with Gasteiger partial charge in [-0.15, -0.1) is 11.3 Å². The monoisotopic (exact) mass is 274 g/mol. The summed E-state index contributed by atoms with van der Waals surface area (Å²) in [5.74, 6) is 2.17. The molecule has 0 atom stereocenters. The van der Waals surface area contributed by atoms with E-state index in [4.69, 9.17) is 15.2 Å². The zero-order valence-electron chi connectivity index (χ0n) is 9.84. The second-order valence-electron chi connectivity index (χ2n) is 4.17. The smallest absolute Gasteiger partial charge is 0.180 e. The number of nitrogen functional groups attached to an aromatic ring is 1. The summed E-state index contributed by atoms with van der Waals surface area (Å²) in [4.78, 5) is 11.9. The third-order valence-electron chi connectivity index (χ3n) is 2.91. The van der Waals surface area contributed by atoms with E-state index in [2.05, 4.69) is 15.0 Å². The molecule has 0 fully saturated rings. The highest BCUT2D eigenvalue weighted by atomic mass is 32.1. The molecule has 0 saturated heterocycles. The second kappa shape index (κ2) is 3.86. The van der Waals surface area contributed by atoms with Crippen molar-refractivity contribution in [1.82, 2.24) is 15.0 Å². The van der Waals surface area contributed by atoms with Gasteiger partial charge in [-0.2, -0.15) is 0 Å². The minimum absolute atomic E-state index is 0.529. The van der Waals surface area contributed by atoms with E-state index < -0.39 is 0 Å². The van der Waals surface area contributed by atoms with Gasteiger partial charge in [-0.1, -0.05) is 0 Å². The third-order valence-corrected chi connectivity index (χ3v) is 3.58. The van der Waals surface area contributed by atoms with Crippen LogP contribution >= 0.6 is 11.3 Å². The summed E-state index contributed by atoms with van der Waals surface area (Å²) >= 11 is 1.39. The van der Waals surface area contributed by atoms with Crippen LogP contribution in [0.15, 0.2) is 17.5 Å². The number of nitrogens with two attached hydrogens (primary N) is 1. The SMILES string of the molecule is Nc1nc(-c2nc3cc4c(cc3[nH]2)OCCO4)cs1. The highest BCUT2D eigenvalue weighted by molar-refractivity contribution is 7.13. The van der Waals surface area contributed by atoms with Crippen molar-refractivity contribution in [2.24, 2.45) is 0 Å². The number of anilines is 1. The average Bonchev–Trinajstić information content (AvgIpc) is 3.01. The molecule has 0 saturated carbocycles. The van der Waals surface area contributed by atoms with Crippen LogP contribution in [0.3, 0.4) is 0 Å². The van der Waals surface area contributed by atoms with E-state index in [-0.39, 0.29) is 0 Å². The lowest BCUT2D eigenvalue weighted by atomic mass is 10.2. The molecule has 0 spiro atoms. The van der Waals surface area contributed by atoms with E-state index in [1.807, 2.05) is 17.5 Å². The fraction of sp³-hybridized carbons (Fsp3) is 0.167. The number of hydrogen-bond donors (Lipinski definition) is 2. The first-order chi connectivity index (χ1) is 9.29. The molecule has 0 bridgehead atoms. The van der Waals surface area contributed by atoms with Gasteiger partial charge in [-0.3, -0.25) is 0 Å². The van der Waals surface area contributed by atoms with Crippen molar-refractivity contribution in [1.29, 1.82) is 0 Å². The van der Waals surface area contributed by atoms with Crippen LogP contribution in [-0.4, -0.2) is 28.2 Å². The number of thiazole rings is 1. The van der Waals surface area contributed by atoms with E-state index in [0.717, 1.165) is 28.2 Å². The van der Waals surface area contributed by atoms with Crippen molar-refractivity contribution >= 4 is 27.5 Å². The average molecular weight is 274 g/mol. The fourth-order valence-electron chi connectivity index (χ4n) is 2.06. The van der Waals surface area contributed by atoms with Gasteiger partial charge in [0, 0.05) is 17.5 Å². The van der Waals surface area contributed by atoms with Gasteiger partial charge in [0.25, 0.3) is 0 Å². The molecule has 0 aliphatic carbocycles. The van der Waals surface area contributed by atoms with Crippen LogP contribution in [0.4, 0.5) is 5.13 Å². The lowest BCUT2D eigenvalue weighted by Crippen LogP contribution is -2.15. The van der Waals surface area contributed by atoms with Gasteiger partial charge in [-0.25, -0.2) is 9.97 Å². The van der Waals surface area contributed by atoms with Crippen molar-refractivity contribution in [2.45, 2.75) is 0 Å². The number of aromatic nitrogens is 3. The van der Waals surface area contributed by atoms with Crippen LogP contribution in [-0.2, 0) is 0 Å². The molecule has 1 aliphatic heterocycles. The number of ether oxygens (including phenoxy) is 2. The maximum absolute atomic E-state index is 5.64. The molecule has 3 heterocycles. The van der Waals surface area contributed by atoms with Crippen LogP contribution in [0.2, 0.25) is 0 Å². The molecule has 2 aromatic heterocycles. The molecule has 7 heteroatoms. The van der Waals surface area contributed by atoms with Crippen molar-refractivity contribution in [3.8, 4) is 23.0 Å². The van der Waals surface area contributed by atoms with Gasteiger partial charge in [0.15, 0.2) is 22.5 Å². The molecule has 3 aromatic rings. The quantitative estimate of drug-likeness (QED) is 0.709. The number of nitrogens with one attached hydrogen (secondary N) is 1. The summed E-state index contributed by atoms with van der Waals surface area (Å²) < 4.78 is 11.1. The topological polar surface area (TPSA) is 86.1 Å². The lowest BCUT2D eigenvalue weighted by Gasteiger charge is -2.17. The van der Waals surface area contributed by atoms with Crippen LogP contribution in [0, 0.1) is 0 Å². The standard InChI is InChI=1S/C12H10N4O2S/c13-12-16-8(5-19-12)11-14-6-3-9-10(4-7(6)15-11)18-2-1-17-9/h3-5H,1-2H2,(H2,13,16)(H,14,15). The summed E-state index contributed by atoms with van der Waals surface area (Å²) in [6.45, 7) is 1.14. The highest BCUT2D eigenvalue weighted by Crippen LogP contribution is 2.34.